The quantitative estimate of drug-likeness (QED) is 0.935. The summed E-state index contributed by atoms with van der Waals surface area (Å²) < 4.78 is 67.9. The van der Waals surface area contributed by atoms with Gasteiger partial charge >= 0.3 is 6.18 Å². The molecule has 20 heavy (non-hydrogen) atoms. The van der Waals surface area contributed by atoms with Crippen molar-refractivity contribution in [2.24, 2.45) is 0 Å². The molecule has 2 rings (SSSR count). The fraction of sp³-hybridized carbons (Fsp3) is 0.0909. The molecule has 0 saturated carbocycles. The lowest BCUT2D eigenvalue weighted by atomic mass is 10.2. The van der Waals surface area contributed by atoms with Crippen LogP contribution in [-0.2, 0) is 16.2 Å². The van der Waals surface area contributed by atoms with Crippen LogP contribution in [0, 0.1) is 0 Å². The van der Waals surface area contributed by atoms with Crippen LogP contribution in [0.2, 0.25) is 5.22 Å². The zero-order valence-electron chi connectivity index (χ0n) is 9.61. The van der Waals surface area contributed by atoms with Crippen LogP contribution in [0.15, 0.2) is 45.9 Å². The molecule has 108 valence electrons. The average molecular weight is 326 g/mol. The maximum Gasteiger partial charge on any atom is 0.416 e. The maximum atomic E-state index is 12.5. The van der Waals surface area contributed by atoms with Gasteiger partial charge in [0.2, 0.25) is 5.09 Å². The molecule has 0 atom stereocenters. The van der Waals surface area contributed by atoms with Gasteiger partial charge in [0, 0.05) is 5.69 Å². The molecule has 1 N–H and O–H groups in total. The number of furan rings is 1. The van der Waals surface area contributed by atoms with Crippen LogP contribution in [0.1, 0.15) is 5.56 Å². The van der Waals surface area contributed by atoms with E-state index in [1.807, 2.05) is 4.72 Å². The lowest BCUT2D eigenvalue weighted by Gasteiger charge is -2.10. The first kappa shape index (κ1) is 14.7. The van der Waals surface area contributed by atoms with Crippen LogP contribution < -0.4 is 4.72 Å². The van der Waals surface area contributed by atoms with E-state index in [1.165, 1.54) is 12.1 Å². The first-order valence-electron chi connectivity index (χ1n) is 5.14. The normalized spacial score (nSPS) is 12.4. The second-order valence-corrected chi connectivity index (χ2v) is 5.73. The maximum absolute atomic E-state index is 12.5. The third-order valence-electron chi connectivity index (χ3n) is 2.26. The molecule has 4 nitrogen and oxygen atoms in total. The molecule has 0 amide bonds. The number of rotatable bonds is 3. The number of sulfonamides is 1. The Labute approximate surface area is 117 Å². The molecule has 2 aromatic rings. The summed E-state index contributed by atoms with van der Waals surface area (Å²) in [6.07, 6.45) is -4.56. The van der Waals surface area contributed by atoms with E-state index in [4.69, 9.17) is 16.0 Å². The van der Waals surface area contributed by atoms with Crippen LogP contribution in [0.3, 0.4) is 0 Å². The van der Waals surface area contributed by atoms with Gasteiger partial charge in [-0.05, 0) is 41.9 Å². The van der Waals surface area contributed by atoms with E-state index in [-0.39, 0.29) is 10.9 Å². The highest BCUT2D eigenvalue weighted by molar-refractivity contribution is 7.92. The van der Waals surface area contributed by atoms with Crippen molar-refractivity contribution in [3.05, 3.63) is 47.2 Å². The minimum Gasteiger partial charge on any atom is -0.431 e. The molecule has 1 heterocycles. The van der Waals surface area contributed by atoms with Crippen LogP contribution in [-0.4, -0.2) is 8.42 Å². The van der Waals surface area contributed by atoms with Crippen LogP contribution >= 0.6 is 11.6 Å². The molecule has 9 heteroatoms. The predicted molar refractivity (Wildman–Crippen MR) is 66.0 cm³/mol. The number of hydrogen-bond acceptors (Lipinski definition) is 3. The molecule has 0 bridgehead atoms. The van der Waals surface area contributed by atoms with Gasteiger partial charge in [-0.25, -0.2) is 0 Å². The zero-order chi connectivity index (χ0) is 15.0. The molecule has 0 aliphatic carbocycles. The minimum absolute atomic E-state index is 0.144. The van der Waals surface area contributed by atoms with E-state index < -0.39 is 26.9 Å². The monoisotopic (exact) mass is 325 g/mol. The fourth-order valence-corrected chi connectivity index (χ4v) is 2.58. The Kier molecular flexibility index (Phi) is 3.70. The van der Waals surface area contributed by atoms with Gasteiger partial charge < -0.3 is 4.42 Å². The van der Waals surface area contributed by atoms with E-state index in [9.17, 15) is 21.6 Å². The molecule has 1 aromatic heterocycles. The van der Waals surface area contributed by atoms with Crippen LogP contribution in [0.25, 0.3) is 0 Å². The van der Waals surface area contributed by atoms with E-state index in [1.54, 1.807) is 0 Å². The van der Waals surface area contributed by atoms with E-state index in [0.29, 0.717) is 6.07 Å². The SMILES string of the molecule is O=S(=O)(Nc1cccc(C(F)(F)F)c1)c1ccc(Cl)o1. The smallest absolute Gasteiger partial charge is 0.416 e. The van der Waals surface area contributed by atoms with E-state index >= 15 is 0 Å². The molecule has 0 radical (unpaired) electrons. The molecule has 0 aliphatic heterocycles. The number of hydrogen-bond donors (Lipinski definition) is 1. The number of alkyl halides is 3. The van der Waals surface area contributed by atoms with Crippen molar-refractivity contribution in [1.82, 2.24) is 0 Å². The third kappa shape index (κ3) is 3.26. The van der Waals surface area contributed by atoms with Gasteiger partial charge in [0.05, 0.1) is 5.56 Å². The summed E-state index contributed by atoms with van der Waals surface area (Å²) in [4.78, 5) is 0. The highest BCUT2D eigenvalue weighted by Crippen LogP contribution is 2.31. The Bertz CT molecular complexity index is 725. The zero-order valence-corrected chi connectivity index (χ0v) is 11.2. The Morgan fingerprint density at radius 3 is 2.40 bits per heavy atom. The Balaban J connectivity index is 2.31. The lowest BCUT2D eigenvalue weighted by Crippen LogP contribution is -2.13. The summed E-state index contributed by atoms with van der Waals surface area (Å²) in [7, 11) is -4.12. The molecule has 0 spiro atoms. The fourth-order valence-electron chi connectivity index (χ4n) is 1.41. The Morgan fingerprint density at radius 1 is 1.15 bits per heavy atom. The Morgan fingerprint density at radius 2 is 1.85 bits per heavy atom. The molecule has 0 saturated heterocycles. The summed E-state index contributed by atoms with van der Waals surface area (Å²) in [6, 6.07) is 6.11. The molecular formula is C11H7ClF3NO3S. The summed E-state index contributed by atoms with van der Waals surface area (Å²) in [6.45, 7) is 0. The summed E-state index contributed by atoms with van der Waals surface area (Å²) in [5, 5.41) is -0.630. The first-order valence-corrected chi connectivity index (χ1v) is 7.00. The van der Waals surface area contributed by atoms with E-state index in [0.717, 1.165) is 18.2 Å². The van der Waals surface area contributed by atoms with Crippen molar-refractivity contribution in [1.29, 1.82) is 0 Å². The molecular weight excluding hydrogens is 319 g/mol. The standard InChI is InChI=1S/C11H7ClF3NO3S/c12-9-4-5-10(19-9)20(17,18)16-8-3-1-2-7(6-8)11(13,14)15/h1-6,16H. The highest BCUT2D eigenvalue weighted by Gasteiger charge is 2.31. The topological polar surface area (TPSA) is 59.3 Å². The number of anilines is 1. The van der Waals surface area contributed by atoms with Crippen molar-refractivity contribution in [2.45, 2.75) is 11.3 Å². The van der Waals surface area contributed by atoms with Crippen molar-refractivity contribution in [3.63, 3.8) is 0 Å². The van der Waals surface area contributed by atoms with Gasteiger partial charge in [0.15, 0.2) is 5.22 Å². The molecule has 0 aliphatic rings. The first-order chi connectivity index (χ1) is 9.18. The van der Waals surface area contributed by atoms with Gasteiger partial charge in [0.25, 0.3) is 10.0 Å². The van der Waals surface area contributed by atoms with Gasteiger partial charge in [-0.1, -0.05) is 6.07 Å². The Hall–Kier alpha value is -1.67. The van der Waals surface area contributed by atoms with Gasteiger partial charge in [-0.3, -0.25) is 4.72 Å². The molecule has 1 aromatic carbocycles. The number of benzene rings is 1. The predicted octanol–water partition coefficient (Wildman–Crippen LogP) is 3.75. The van der Waals surface area contributed by atoms with Crippen molar-refractivity contribution >= 4 is 27.3 Å². The third-order valence-corrected chi connectivity index (χ3v) is 3.71. The van der Waals surface area contributed by atoms with E-state index in [2.05, 4.69) is 0 Å². The second kappa shape index (κ2) is 5.02. The van der Waals surface area contributed by atoms with Crippen LogP contribution in [0.4, 0.5) is 18.9 Å². The number of nitrogens with one attached hydrogen (secondary N) is 1. The summed E-state index contributed by atoms with van der Waals surface area (Å²) >= 11 is 5.45. The number of halogens is 4. The highest BCUT2D eigenvalue weighted by atomic mass is 35.5. The lowest BCUT2D eigenvalue weighted by molar-refractivity contribution is -0.137. The van der Waals surface area contributed by atoms with Crippen LogP contribution in [0.5, 0.6) is 0 Å². The van der Waals surface area contributed by atoms with Gasteiger partial charge in [-0.15, -0.1) is 0 Å². The van der Waals surface area contributed by atoms with Crippen molar-refractivity contribution in [3.8, 4) is 0 Å². The van der Waals surface area contributed by atoms with Crippen molar-refractivity contribution in [2.75, 3.05) is 4.72 Å². The second-order valence-electron chi connectivity index (χ2n) is 3.74. The minimum atomic E-state index is -4.56. The van der Waals surface area contributed by atoms with Gasteiger partial charge in [0.1, 0.15) is 0 Å². The summed E-state index contributed by atoms with van der Waals surface area (Å²) in [5.74, 6) is 0. The largest absolute Gasteiger partial charge is 0.431 e. The average Bonchev–Trinajstić information content (AvgIpc) is 2.75. The van der Waals surface area contributed by atoms with Gasteiger partial charge in [-0.2, -0.15) is 21.6 Å². The summed E-state index contributed by atoms with van der Waals surface area (Å²) in [5.41, 5.74) is -1.19. The molecule has 0 unspecified atom stereocenters. The van der Waals surface area contributed by atoms with Crippen molar-refractivity contribution < 1.29 is 26.0 Å². The molecule has 0 fully saturated rings.